The first-order valence-corrected chi connectivity index (χ1v) is 9.32. The molecule has 1 saturated carbocycles. The molecule has 1 aromatic rings. The number of sulfonamides is 1. The molecule has 0 aliphatic heterocycles. The third kappa shape index (κ3) is 4.81. The van der Waals surface area contributed by atoms with Crippen LogP contribution in [0.15, 0.2) is 29.2 Å². The smallest absolute Gasteiger partial charge is 0.241 e. The summed E-state index contributed by atoms with van der Waals surface area (Å²) in [5.74, 6) is -0.260. The molecule has 1 aromatic carbocycles. The van der Waals surface area contributed by atoms with Crippen molar-refractivity contribution in [3.05, 3.63) is 29.8 Å². The molecule has 0 saturated heterocycles. The van der Waals surface area contributed by atoms with Crippen LogP contribution in [0.4, 0.5) is 0 Å². The van der Waals surface area contributed by atoms with Crippen LogP contribution in [0.25, 0.3) is 0 Å². The van der Waals surface area contributed by atoms with E-state index in [0.717, 1.165) is 25.7 Å². The zero-order valence-corrected chi connectivity index (χ0v) is 13.8. The van der Waals surface area contributed by atoms with Gasteiger partial charge in [-0.1, -0.05) is 43.9 Å². The Balaban J connectivity index is 1.88. The molecule has 0 aromatic heterocycles. The Bertz CT molecular complexity index is 606. The van der Waals surface area contributed by atoms with Gasteiger partial charge in [0.1, 0.15) is 0 Å². The number of benzene rings is 1. The molecule has 22 heavy (non-hydrogen) atoms. The number of carbonyl (C=O) groups is 1. The van der Waals surface area contributed by atoms with Crippen molar-refractivity contribution in [2.24, 2.45) is 0 Å². The van der Waals surface area contributed by atoms with Crippen LogP contribution in [0.5, 0.6) is 0 Å². The zero-order valence-electron chi connectivity index (χ0n) is 13.0. The molecule has 0 atom stereocenters. The predicted molar refractivity (Wildman–Crippen MR) is 86.0 cm³/mol. The minimum absolute atomic E-state index is 0.179. The molecule has 1 aliphatic carbocycles. The Morgan fingerprint density at radius 2 is 1.77 bits per heavy atom. The summed E-state index contributed by atoms with van der Waals surface area (Å²) < 4.78 is 26.8. The van der Waals surface area contributed by atoms with Gasteiger partial charge in [0.15, 0.2) is 0 Å². The normalized spacial score (nSPS) is 17.0. The van der Waals surface area contributed by atoms with Crippen molar-refractivity contribution in [2.75, 3.05) is 6.54 Å². The highest BCUT2D eigenvalue weighted by Crippen LogP contribution is 2.17. The lowest BCUT2D eigenvalue weighted by molar-refractivity contribution is -0.120. The average Bonchev–Trinajstić information content (AvgIpc) is 2.74. The van der Waals surface area contributed by atoms with Crippen LogP contribution in [0.2, 0.25) is 0 Å². The first kappa shape index (κ1) is 17.0. The van der Waals surface area contributed by atoms with Gasteiger partial charge in [-0.25, -0.2) is 13.1 Å². The van der Waals surface area contributed by atoms with E-state index >= 15 is 0 Å². The van der Waals surface area contributed by atoms with Crippen molar-refractivity contribution in [1.82, 2.24) is 10.0 Å². The summed E-state index contributed by atoms with van der Waals surface area (Å²) in [4.78, 5) is 12.2. The molecule has 2 N–H and O–H groups in total. The monoisotopic (exact) mass is 324 g/mol. The van der Waals surface area contributed by atoms with Crippen LogP contribution in [0.1, 0.15) is 44.1 Å². The molecule has 1 fully saturated rings. The number of hydrogen-bond acceptors (Lipinski definition) is 3. The summed E-state index contributed by atoms with van der Waals surface area (Å²) >= 11 is 0. The van der Waals surface area contributed by atoms with Crippen LogP contribution >= 0.6 is 0 Å². The van der Waals surface area contributed by atoms with Crippen LogP contribution in [0, 0.1) is 6.92 Å². The molecule has 0 radical (unpaired) electrons. The highest BCUT2D eigenvalue weighted by atomic mass is 32.2. The summed E-state index contributed by atoms with van der Waals surface area (Å²) in [5.41, 5.74) is 0.666. The van der Waals surface area contributed by atoms with E-state index in [4.69, 9.17) is 0 Å². The summed E-state index contributed by atoms with van der Waals surface area (Å²) in [6.07, 6.45) is 6.64. The van der Waals surface area contributed by atoms with E-state index < -0.39 is 10.0 Å². The number of rotatable bonds is 5. The van der Waals surface area contributed by atoms with Crippen LogP contribution < -0.4 is 10.0 Å². The van der Waals surface area contributed by atoms with Crippen LogP contribution in [-0.4, -0.2) is 26.9 Å². The number of aryl methyl sites for hydroxylation is 1. The van der Waals surface area contributed by atoms with Gasteiger partial charge in [-0.3, -0.25) is 4.79 Å². The van der Waals surface area contributed by atoms with Crippen molar-refractivity contribution in [3.63, 3.8) is 0 Å². The topological polar surface area (TPSA) is 75.3 Å². The lowest BCUT2D eigenvalue weighted by atomic mass is 10.1. The lowest BCUT2D eigenvalue weighted by Crippen LogP contribution is -2.41. The van der Waals surface area contributed by atoms with E-state index in [9.17, 15) is 13.2 Å². The van der Waals surface area contributed by atoms with Gasteiger partial charge in [0.25, 0.3) is 0 Å². The maximum atomic E-state index is 12.2. The van der Waals surface area contributed by atoms with Gasteiger partial charge in [-0.2, -0.15) is 0 Å². The number of amides is 1. The van der Waals surface area contributed by atoms with Gasteiger partial charge in [0.2, 0.25) is 15.9 Å². The first-order valence-electron chi connectivity index (χ1n) is 7.84. The van der Waals surface area contributed by atoms with Crippen molar-refractivity contribution in [2.45, 2.75) is 56.4 Å². The second kappa shape index (κ2) is 7.74. The molecule has 0 bridgehead atoms. The maximum Gasteiger partial charge on any atom is 0.241 e. The van der Waals surface area contributed by atoms with E-state index in [2.05, 4.69) is 10.0 Å². The largest absolute Gasteiger partial charge is 0.352 e. The fraction of sp³-hybridized carbons (Fsp3) is 0.562. The van der Waals surface area contributed by atoms with E-state index in [1.165, 1.54) is 12.8 Å². The van der Waals surface area contributed by atoms with E-state index in [-0.39, 0.29) is 23.4 Å². The Kier molecular flexibility index (Phi) is 5.97. The molecule has 5 nitrogen and oxygen atoms in total. The van der Waals surface area contributed by atoms with Gasteiger partial charge in [-0.05, 0) is 31.4 Å². The minimum atomic E-state index is -3.64. The summed E-state index contributed by atoms with van der Waals surface area (Å²) in [6.45, 7) is 1.52. The molecule has 2 rings (SSSR count). The Hall–Kier alpha value is -1.40. The third-order valence-corrected chi connectivity index (χ3v) is 5.59. The molecule has 0 spiro atoms. The summed E-state index contributed by atoms with van der Waals surface area (Å²) in [5, 5.41) is 2.93. The zero-order chi connectivity index (χ0) is 16.0. The molecule has 0 heterocycles. The van der Waals surface area contributed by atoms with E-state index in [1.54, 1.807) is 31.2 Å². The van der Waals surface area contributed by atoms with Gasteiger partial charge >= 0.3 is 0 Å². The van der Waals surface area contributed by atoms with E-state index in [0.29, 0.717) is 5.56 Å². The van der Waals surface area contributed by atoms with Crippen molar-refractivity contribution >= 4 is 15.9 Å². The fourth-order valence-electron chi connectivity index (χ4n) is 2.80. The fourth-order valence-corrected chi connectivity index (χ4v) is 4.02. The third-order valence-electron chi connectivity index (χ3n) is 4.03. The molecule has 122 valence electrons. The van der Waals surface area contributed by atoms with Gasteiger partial charge in [-0.15, -0.1) is 0 Å². The van der Waals surface area contributed by atoms with Gasteiger partial charge in [0.05, 0.1) is 11.4 Å². The molecular weight excluding hydrogens is 300 g/mol. The quantitative estimate of drug-likeness (QED) is 0.815. The lowest BCUT2D eigenvalue weighted by Gasteiger charge is -2.16. The minimum Gasteiger partial charge on any atom is -0.352 e. The van der Waals surface area contributed by atoms with Crippen molar-refractivity contribution in [3.8, 4) is 0 Å². The predicted octanol–water partition coefficient (Wildman–Crippen LogP) is 2.11. The number of carbonyl (C=O) groups excluding carboxylic acids is 1. The molecule has 1 aliphatic rings. The summed E-state index contributed by atoms with van der Waals surface area (Å²) in [7, 11) is -3.64. The van der Waals surface area contributed by atoms with Gasteiger partial charge in [0, 0.05) is 6.04 Å². The van der Waals surface area contributed by atoms with E-state index in [1.807, 2.05) is 0 Å². The summed E-state index contributed by atoms with van der Waals surface area (Å²) in [6, 6.07) is 6.92. The highest BCUT2D eigenvalue weighted by Gasteiger charge is 2.19. The second-order valence-electron chi connectivity index (χ2n) is 5.85. The van der Waals surface area contributed by atoms with Crippen LogP contribution in [-0.2, 0) is 14.8 Å². The highest BCUT2D eigenvalue weighted by molar-refractivity contribution is 7.89. The maximum absolute atomic E-state index is 12.2. The SMILES string of the molecule is Cc1ccccc1S(=O)(=O)NCC(=O)NC1CCCCCC1. The molecular formula is C16H24N2O3S. The average molecular weight is 324 g/mol. The van der Waals surface area contributed by atoms with Crippen molar-refractivity contribution in [1.29, 1.82) is 0 Å². The van der Waals surface area contributed by atoms with Gasteiger partial charge < -0.3 is 5.32 Å². The number of hydrogen-bond donors (Lipinski definition) is 2. The Morgan fingerprint density at radius 3 is 2.41 bits per heavy atom. The standard InChI is InChI=1S/C16H24N2O3S/c1-13-8-6-7-11-15(13)22(20,21)17-12-16(19)18-14-9-4-2-3-5-10-14/h6-8,11,14,17H,2-5,9-10,12H2,1H3,(H,18,19). The number of nitrogens with one attached hydrogen (secondary N) is 2. The second-order valence-corrected chi connectivity index (χ2v) is 7.58. The Morgan fingerprint density at radius 1 is 1.14 bits per heavy atom. The first-order chi connectivity index (χ1) is 10.5. The molecule has 6 heteroatoms. The molecule has 1 amide bonds. The molecule has 0 unspecified atom stereocenters. The van der Waals surface area contributed by atoms with Crippen LogP contribution in [0.3, 0.4) is 0 Å². The Labute approximate surface area is 132 Å². The van der Waals surface area contributed by atoms with Crippen molar-refractivity contribution < 1.29 is 13.2 Å².